The van der Waals surface area contributed by atoms with Crippen molar-refractivity contribution >= 4 is 18.6 Å². The van der Waals surface area contributed by atoms with Crippen LogP contribution in [0.2, 0.25) is 0 Å². The Labute approximate surface area is 52.7 Å². The summed E-state index contributed by atoms with van der Waals surface area (Å²) in [4.78, 5) is 9.77. The second-order valence-corrected chi connectivity index (χ2v) is 1.80. The van der Waals surface area contributed by atoms with Crippen LogP contribution in [0.3, 0.4) is 0 Å². The van der Waals surface area contributed by atoms with E-state index >= 15 is 0 Å². The molecule has 0 fully saturated rings. The highest BCUT2D eigenvalue weighted by atomic mass is 32.1. The molecule has 4 heteroatoms. The first kappa shape index (κ1) is 7.78. The molecule has 0 amide bonds. The monoisotopic (exact) mass is 136 g/mol. The van der Waals surface area contributed by atoms with Gasteiger partial charge in [0, 0.05) is 5.75 Å². The molecule has 8 heavy (non-hydrogen) atoms. The summed E-state index contributed by atoms with van der Waals surface area (Å²) < 4.78 is 0. The Morgan fingerprint density at radius 2 is 2.25 bits per heavy atom. The summed E-state index contributed by atoms with van der Waals surface area (Å²) >= 11 is 3.68. The lowest BCUT2D eigenvalue weighted by molar-refractivity contribution is -0.138. The average molecular weight is 136 g/mol. The molecule has 0 aliphatic rings. The zero-order valence-corrected chi connectivity index (χ0v) is 5.14. The number of aliphatic hydroxyl groups is 1. The van der Waals surface area contributed by atoms with Crippen LogP contribution in [0, 0.1) is 0 Å². The van der Waals surface area contributed by atoms with Crippen molar-refractivity contribution in [2.75, 3.05) is 5.75 Å². The van der Waals surface area contributed by atoms with Crippen molar-refractivity contribution < 1.29 is 15.0 Å². The lowest BCUT2D eigenvalue weighted by Crippen LogP contribution is -2.13. The molecule has 0 saturated heterocycles. The Morgan fingerprint density at radius 3 is 2.38 bits per heavy atom. The topological polar surface area (TPSA) is 57.5 Å². The Balaban J connectivity index is 3.24. The fraction of sp³-hybridized carbons (Fsp3) is 0.750. The van der Waals surface area contributed by atoms with Gasteiger partial charge in [-0.2, -0.15) is 12.6 Å². The largest absolute Gasteiger partial charge is 0.481 e. The number of thiol groups is 1. The van der Waals surface area contributed by atoms with Gasteiger partial charge >= 0.3 is 5.97 Å². The quantitative estimate of drug-likeness (QED) is 0.469. The standard InChI is InChI=1S/C4H8O3S/c5-3(2-8)1-4(6)7/h3,5,8H,1-2H2,(H,6,7)/t3-/m0/s1. The Morgan fingerprint density at radius 1 is 1.75 bits per heavy atom. The molecule has 0 aliphatic heterocycles. The lowest BCUT2D eigenvalue weighted by Gasteiger charge is -1.99. The van der Waals surface area contributed by atoms with Crippen LogP contribution in [0.15, 0.2) is 0 Å². The van der Waals surface area contributed by atoms with E-state index in [1.54, 1.807) is 0 Å². The number of aliphatic carboxylic acids is 1. The summed E-state index contributed by atoms with van der Waals surface area (Å²) in [5, 5.41) is 16.6. The maximum absolute atomic E-state index is 9.77. The number of aliphatic hydroxyl groups excluding tert-OH is 1. The predicted octanol–water partition coefficient (Wildman–Crippen LogP) is -0.248. The van der Waals surface area contributed by atoms with Gasteiger partial charge in [-0.25, -0.2) is 0 Å². The first-order chi connectivity index (χ1) is 3.66. The molecule has 0 aromatic rings. The molecule has 0 radical (unpaired) electrons. The third-order valence-electron chi connectivity index (χ3n) is 0.621. The van der Waals surface area contributed by atoms with Crippen LogP contribution in [0.5, 0.6) is 0 Å². The second kappa shape index (κ2) is 3.74. The van der Waals surface area contributed by atoms with Crippen molar-refractivity contribution in [3.8, 4) is 0 Å². The Hall–Kier alpha value is -0.220. The molecule has 0 aliphatic carbocycles. The number of carboxylic acids is 1. The molecule has 0 aromatic carbocycles. The minimum absolute atomic E-state index is 0.201. The molecule has 0 heterocycles. The van der Waals surface area contributed by atoms with Gasteiger partial charge in [-0.3, -0.25) is 4.79 Å². The van der Waals surface area contributed by atoms with Gasteiger partial charge in [-0.1, -0.05) is 0 Å². The molecule has 0 bridgehead atoms. The van der Waals surface area contributed by atoms with Crippen molar-refractivity contribution in [3.63, 3.8) is 0 Å². The van der Waals surface area contributed by atoms with Crippen LogP contribution in [0.25, 0.3) is 0 Å². The van der Waals surface area contributed by atoms with Gasteiger partial charge in [0.25, 0.3) is 0 Å². The highest BCUT2D eigenvalue weighted by molar-refractivity contribution is 7.80. The van der Waals surface area contributed by atoms with Crippen LogP contribution in [0.4, 0.5) is 0 Å². The lowest BCUT2D eigenvalue weighted by atomic mass is 10.3. The van der Waals surface area contributed by atoms with E-state index in [9.17, 15) is 4.79 Å². The van der Waals surface area contributed by atoms with Crippen LogP contribution in [-0.4, -0.2) is 28.0 Å². The number of carboxylic acid groups (broad SMARTS) is 1. The third-order valence-corrected chi connectivity index (χ3v) is 1.04. The van der Waals surface area contributed by atoms with Crippen molar-refractivity contribution in [1.29, 1.82) is 0 Å². The second-order valence-electron chi connectivity index (χ2n) is 1.43. The van der Waals surface area contributed by atoms with Crippen molar-refractivity contribution in [2.45, 2.75) is 12.5 Å². The first-order valence-electron chi connectivity index (χ1n) is 2.17. The summed E-state index contributed by atoms with van der Waals surface area (Å²) in [6.07, 6.45) is -1.03. The van der Waals surface area contributed by atoms with Crippen LogP contribution < -0.4 is 0 Å². The summed E-state index contributed by atoms with van der Waals surface area (Å²) in [7, 11) is 0. The van der Waals surface area contributed by atoms with Gasteiger partial charge in [0.05, 0.1) is 12.5 Å². The summed E-state index contributed by atoms with van der Waals surface area (Å²) in [5.74, 6) is -0.793. The van der Waals surface area contributed by atoms with E-state index in [1.165, 1.54) is 0 Å². The van der Waals surface area contributed by atoms with Crippen LogP contribution in [-0.2, 0) is 4.79 Å². The molecular formula is C4H8O3S. The van der Waals surface area contributed by atoms with E-state index in [-0.39, 0.29) is 12.2 Å². The molecule has 0 unspecified atom stereocenters. The summed E-state index contributed by atoms with van der Waals surface area (Å²) in [6, 6.07) is 0. The average Bonchev–Trinajstić information content (AvgIpc) is 1.65. The zero-order valence-electron chi connectivity index (χ0n) is 4.24. The van der Waals surface area contributed by atoms with Crippen LogP contribution in [0.1, 0.15) is 6.42 Å². The van der Waals surface area contributed by atoms with Crippen LogP contribution >= 0.6 is 12.6 Å². The number of carbonyl (C=O) groups is 1. The Kier molecular flexibility index (Phi) is 3.64. The maximum atomic E-state index is 9.77. The molecule has 0 rings (SSSR count). The fourth-order valence-electron chi connectivity index (χ4n) is 0.266. The first-order valence-corrected chi connectivity index (χ1v) is 2.80. The van der Waals surface area contributed by atoms with E-state index < -0.39 is 12.1 Å². The van der Waals surface area contributed by atoms with Gasteiger partial charge in [-0.15, -0.1) is 0 Å². The minimum atomic E-state index is -0.994. The van der Waals surface area contributed by atoms with Gasteiger partial charge < -0.3 is 10.2 Å². The molecule has 0 aromatic heterocycles. The van der Waals surface area contributed by atoms with Crippen molar-refractivity contribution in [1.82, 2.24) is 0 Å². The molecular weight excluding hydrogens is 128 g/mol. The minimum Gasteiger partial charge on any atom is -0.481 e. The van der Waals surface area contributed by atoms with E-state index in [0.29, 0.717) is 0 Å². The van der Waals surface area contributed by atoms with E-state index in [1.807, 2.05) is 0 Å². The molecule has 1 atom stereocenters. The highest BCUT2D eigenvalue weighted by Gasteiger charge is 2.05. The van der Waals surface area contributed by atoms with Gasteiger partial charge in [0.15, 0.2) is 0 Å². The zero-order chi connectivity index (χ0) is 6.57. The fourth-order valence-corrected chi connectivity index (χ4v) is 0.395. The Bertz CT molecular complexity index is 83.4. The molecule has 48 valence electrons. The van der Waals surface area contributed by atoms with Crippen molar-refractivity contribution in [3.05, 3.63) is 0 Å². The number of hydrogen-bond donors (Lipinski definition) is 3. The van der Waals surface area contributed by atoms with Gasteiger partial charge in [0.1, 0.15) is 0 Å². The summed E-state index contributed by atoms with van der Waals surface area (Å²) in [5.41, 5.74) is 0. The highest BCUT2D eigenvalue weighted by Crippen LogP contribution is 1.92. The number of hydrogen-bond acceptors (Lipinski definition) is 3. The summed E-state index contributed by atoms with van der Waals surface area (Å²) in [6.45, 7) is 0. The van der Waals surface area contributed by atoms with Crippen molar-refractivity contribution in [2.24, 2.45) is 0 Å². The number of rotatable bonds is 3. The third kappa shape index (κ3) is 3.95. The molecule has 3 nitrogen and oxygen atoms in total. The molecule has 0 spiro atoms. The maximum Gasteiger partial charge on any atom is 0.306 e. The predicted molar refractivity (Wildman–Crippen MR) is 32.1 cm³/mol. The van der Waals surface area contributed by atoms with E-state index in [2.05, 4.69) is 12.6 Å². The van der Waals surface area contributed by atoms with E-state index in [4.69, 9.17) is 10.2 Å². The van der Waals surface area contributed by atoms with Gasteiger partial charge in [0.2, 0.25) is 0 Å². The molecule has 2 N–H and O–H groups in total. The normalized spacial score (nSPS) is 13.2. The van der Waals surface area contributed by atoms with Gasteiger partial charge in [-0.05, 0) is 0 Å². The SMILES string of the molecule is O=C(O)C[C@H](O)CS. The van der Waals surface area contributed by atoms with E-state index in [0.717, 1.165) is 0 Å². The smallest absolute Gasteiger partial charge is 0.306 e. The molecule has 0 saturated carbocycles.